The van der Waals surface area contributed by atoms with Gasteiger partial charge in [-0.3, -0.25) is 0 Å². The molecule has 4 nitrogen and oxygen atoms in total. The van der Waals surface area contributed by atoms with Gasteiger partial charge in [0.2, 0.25) is 5.13 Å². The molecule has 2 heterocycles. The third-order valence-corrected chi connectivity index (χ3v) is 3.53. The van der Waals surface area contributed by atoms with E-state index < -0.39 is 0 Å². The van der Waals surface area contributed by atoms with Crippen molar-refractivity contribution in [2.75, 3.05) is 18.0 Å². The normalized spacial score (nSPS) is 22.5. The minimum Gasteiger partial charge on any atom is -0.391 e. The molecule has 5 heteroatoms. The van der Waals surface area contributed by atoms with Crippen LogP contribution in [0.4, 0.5) is 5.13 Å². The van der Waals surface area contributed by atoms with E-state index >= 15 is 0 Å². The number of nitrogens with zero attached hydrogens (tertiary/aromatic N) is 3. The van der Waals surface area contributed by atoms with Gasteiger partial charge >= 0.3 is 0 Å². The molecule has 1 aromatic rings. The van der Waals surface area contributed by atoms with E-state index in [0.29, 0.717) is 6.54 Å². The molecule has 1 aliphatic heterocycles. The Balaban J connectivity index is 2.12. The molecule has 0 bridgehead atoms. The number of β-amino-alcohol motifs (C(OH)–C–C–N with tert-alkyl or cyclic N) is 1. The van der Waals surface area contributed by atoms with Crippen LogP contribution in [0.2, 0.25) is 0 Å². The summed E-state index contributed by atoms with van der Waals surface area (Å²) in [6.07, 6.45) is 1.73. The van der Waals surface area contributed by atoms with Crippen LogP contribution in [0.3, 0.4) is 0 Å². The Kier molecular flexibility index (Phi) is 3.17. The number of aromatic nitrogens is 2. The molecule has 1 unspecified atom stereocenters. The first-order valence-corrected chi connectivity index (χ1v) is 6.51. The van der Waals surface area contributed by atoms with E-state index in [2.05, 4.69) is 35.0 Å². The van der Waals surface area contributed by atoms with Gasteiger partial charge in [0.1, 0.15) is 5.82 Å². The van der Waals surface area contributed by atoms with Crippen molar-refractivity contribution in [2.45, 2.75) is 45.1 Å². The molecule has 1 atom stereocenters. The maximum absolute atomic E-state index is 9.62. The van der Waals surface area contributed by atoms with E-state index in [1.807, 2.05) is 0 Å². The predicted molar refractivity (Wildman–Crippen MR) is 66.1 cm³/mol. The second-order valence-electron chi connectivity index (χ2n) is 5.39. The highest BCUT2D eigenvalue weighted by molar-refractivity contribution is 7.09. The number of hydrogen-bond acceptors (Lipinski definition) is 5. The lowest BCUT2D eigenvalue weighted by Gasteiger charge is -2.29. The molecule has 1 aliphatic rings. The van der Waals surface area contributed by atoms with Crippen LogP contribution in [0.15, 0.2) is 0 Å². The molecular formula is C11H19N3OS. The lowest BCUT2D eigenvalue weighted by molar-refractivity contribution is 0.154. The Labute approximate surface area is 100 Å². The lowest BCUT2D eigenvalue weighted by atomic mass is 9.96. The monoisotopic (exact) mass is 241 g/mol. The lowest BCUT2D eigenvalue weighted by Crippen LogP contribution is -2.38. The fourth-order valence-corrected chi connectivity index (χ4v) is 2.67. The third-order valence-electron chi connectivity index (χ3n) is 2.75. The number of aliphatic hydroxyl groups excluding tert-OH is 1. The van der Waals surface area contributed by atoms with Crippen molar-refractivity contribution in [3.8, 4) is 0 Å². The predicted octanol–water partition coefficient (Wildman–Crippen LogP) is 1.80. The highest BCUT2D eigenvalue weighted by Crippen LogP contribution is 2.27. The van der Waals surface area contributed by atoms with E-state index in [9.17, 15) is 5.11 Å². The van der Waals surface area contributed by atoms with Gasteiger partial charge in [0, 0.05) is 30.0 Å². The van der Waals surface area contributed by atoms with Crippen molar-refractivity contribution in [1.82, 2.24) is 9.36 Å². The summed E-state index contributed by atoms with van der Waals surface area (Å²) >= 11 is 1.44. The standard InChI is InChI=1S/C11H19N3OS/c1-11(2,3)9-12-10(16-13-9)14-6-4-5-8(15)7-14/h8,15H,4-7H2,1-3H3. The number of piperidine rings is 1. The molecule has 0 aromatic carbocycles. The van der Waals surface area contributed by atoms with Gasteiger partial charge < -0.3 is 10.0 Å². The SMILES string of the molecule is CC(C)(C)c1nsc(N2CCCC(O)C2)n1. The summed E-state index contributed by atoms with van der Waals surface area (Å²) in [6, 6.07) is 0. The summed E-state index contributed by atoms with van der Waals surface area (Å²) in [5.74, 6) is 0.896. The maximum Gasteiger partial charge on any atom is 0.205 e. The Bertz CT molecular complexity index is 358. The van der Waals surface area contributed by atoms with Crippen LogP contribution in [0.25, 0.3) is 0 Å². The van der Waals surface area contributed by atoms with Crippen LogP contribution in [0, 0.1) is 0 Å². The van der Waals surface area contributed by atoms with Gasteiger partial charge in [-0.15, -0.1) is 0 Å². The molecule has 1 saturated heterocycles. The van der Waals surface area contributed by atoms with Gasteiger partial charge in [-0.25, -0.2) is 4.98 Å². The Morgan fingerprint density at radius 1 is 1.44 bits per heavy atom. The molecular weight excluding hydrogens is 222 g/mol. The van der Waals surface area contributed by atoms with Gasteiger partial charge in [0.05, 0.1) is 6.10 Å². The Hall–Kier alpha value is -0.680. The van der Waals surface area contributed by atoms with Crippen molar-refractivity contribution >= 4 is 16.7 Å². The van der Waals surface area contributed by atoms with Crippen LogP contribution >= 0.6 is 11.5 Å². The van der Waals surface area contributed by atoms with Gasteiger partial charge in [0.25, 0.3) is 0 Å². The van der Waals surface area contributed by atoms with E-state index in [-0.39, 0.29) is 11.5 Å². The largest absolute Gasteiger partial charge is 0.391 e. The zero-order valence-corrected chi connectivity index (χ0v) is 10.9. The van der Waals surface area contributed by atoms with Crippen molar-refractivity contribution < 1.29 is 5.11 Å². The molecule has 0 aliphatic carbocycles. The molecule has 1 fully saturated rings. The summed E-state index contributed by atoms with van der Waals surface area (Å²) in [5, 5.41) is 10.6. The van der Waals surface area contributed by atoms with Crippen LogP contribution < -0.4 is 4.90 Å². The highest BCUT2D eigenvalue weighted by atomic mass is 32.1. The summed E-state index contributed by atoms with van der Waals surface area (Å²) < 4.78 is 4.39. The first-order chi connectivity index (χ1) is 7.47. The zero-order valence-electron chi connectivity index (χ0n) is 10.1. The van der Waals surface area contributed by atoms with E-state index in [1.54, 1.807) is 0 Å². The zero-order chi connectivity index (χ0) is 11.8. The van der Waals surface area contributed by atoms with Crippen molar-refractivity contribution in [1.29, 1.82) is 0 Å². The van der Waals surface area contributed by atoms with Crippen molar-refractivity contribution in [3.63, 3.8) is 0 Å². The Morgan fingerprint density at radius 3 is 2.75 bits per heavy atom. The number of rotatable bonds is 1. The van der Waals surface area contributed by atoms with Crippen LogP contribution in [0.1, 0.15) is 39.4 Å². The van der Waals surface area contributed by atoms with Gasteiger partial charge in [-0.05, 0) is 12.8 Å². The second-order valence-corrected chi connectivity index (χ2v) is 6.12. The van der Waals surface area contributed by atoms with Crippen LogP contribution in [-0.4, -0.2) is 33.7 Å². The molecule has 90 valence electrons. The van der Waals surface area contributed by atoms with Crippen LogP contribution in [0.5, 0.6) is 0 Å². The molecule has 0 saturated carbocycles. The summed E-state index contributed by atoms with van der Waals surface area (Å²) in [5.41, 5.74) is 0.00313. The number of anilines is 1. The third kappa shape index (κ3) is 2.52. The summed E-state index contributed by atoms with van der Waals surface area (Å²) in [6.45, 7) is 8.02. The number of hydrogen-bond donors (Lipinski definition) is 1. The summed E-state index contributed by atoms with van der Waals surface area (Å²) in [7, 11) is 0. The maximum atomic E-state index is 9.62. The van der Waals surface area contributed by atoms with Gasteiger partial charge in [-0.2, -0.15) is 4.37 Å². The summed E-state index contributed by atoms with van der Waals surface area (Å²) in [4.78, 5) is 6.70. The first kappa shape index (κ1) is 11.8. The van der Waals surface area contributed by atoms with Gasteiger partial charge in [0.15, 0.2) is 0 Å². The molecule has 1 N–H and O–H groups in total. The minimum absolute atomic E-state index is 0.00313. The van der Waals surface area contributed by atoms with Crippen LogP contribution in [-0.2, 0) is 5.41 Å². The van der Waals surface area contributed by atoms with Crippen molar-refractivity contribution in [2.24, 2.45) is 0 Å². The minimum atomic E-state index is -0.212. The van der Waals surface area contributed by atoms with E-state index in [0.717, 1.165) is 30.3 Å². The first-order valence-electron chi connectivity index (χ1n) is 5.74. The molecule has 0 radical (unpaired) electrons. The Morgan fingerprint density at radius 2 is 2.19 bits per heavy atom. The smallest absolute Gasteiger partial charge is 0.205 e. The molecule has 0 spiro atoms. The second kappa shape index (κ2) is 4.30. The average Bonchev–Trinajstić information content (AvgIpc) is 2.65. The molecule has 1 aromatic heterocycles. The average molecular weight is 241 g/mol. The fourth-order valence-electron chi connectivity index (χ4n) is 1.78. The quantitative estimate of drug-likeness (QED) is 0.814. The number of aliphatic hydroxyl groups is 1. The molecule has 2 rings (SSSR count). The van der Waals surface area contributed by atoms with Crippen molar-refractivity contribution in [3.05, 3.63) is 5.82 Å². The topological polar surface area (TPSA) is 49.2 Å². The molecule has 0 amide bonds. The van der Waals surface area contributed by atoms with E-state index in [1.165, 1.54) is 11.5 Å². The highest BCUT2D eigenvalue weighted by Gasteiger charge is 2.24. The fraction of sp³-hybridized carbons (Fsp3) is 0.818. The molecule has 16 heavy (non-hydrogen) atoms. The van der Waals surface area contributed by atoms with E-state index in [4.69, 9.17) is 0 Å². The van der Waals surface area contributed by atoms with Gasteiger partial charge in [-0.1, -0.05) is 20.8 Å².